The zero-order valence-electron chi connectivity index (χ0n) is 13.5. The summed E-state index contributed by atoms with van der Waals surface area (Å²) in [6, 6.07) is 4.86. The van der Waals surface area contributed by atoms with E-state index in [1.165, 1.54) is 13.4 Å². The average Bonchev–Trinajstić information content (AvgIpc) is 2.54. The summed E-state index contributed by atoms with van der Waals surface area (Å²) in [4.78, 5) is 13.9. The average molecular weight is 342 g/mol. The standard InChI is InChI=1S/C15H22N2O5S/c1-21-11-4-5-13(14(10-11)22-2)16-15(18)17-8-6-12(7-9-17)23(3,19)20/h4-5,10,12H,6-9H2,1-3H3,(H,16,18). The van der Waals surface area contributed by atoms with Crippen LogP contribution in [0.3, 0.4) is 0 Å². The Hall–Kier alpha value is -1.96. The van der Waals surface area contributed by atoms with E-state index in [1.807, 2.05) is 0 Å². The van der Waals surface area contributed by atoms with Crippen LogP contribution in [0.4, 0.5) is 10.5 Å². The smallest absolute Gasteiger partial charge is 0.321 e. The molecule has 2 rings (SSSR count). The van der Waals surface area contributed by atoms with Crippen molar-refractivity contribution in [2.75, 3.05) is 38.9 Å². The fourth-order valence-electron chi connectivity index (χ4n) is 2.58. The van der Waals surface area contributed by atoms with E-state index in [9.17, 15) is 13.2 Å². The predicted octanol–water partition coefficient (Wildman–Crippen LogP) is 1.74. The van der Waals surface area contributed by atoms with Crippen molar-refractivity contribution < 1.29 is 22.7 Å². The second kappa shape index (κ2) is 7.08. The quantitative estimate of drug-likeness (QED) is 0.901. The molecule has 23 heavy (non-hydrogen) atoms. The highest BCUT2D eigenvalue weighted by molar-refractivity contribution is 7.91. The van der Waals surface area contributed by atoms with Gasteiger partial charge in [0.2, 0.25) is 0 Å². The number of anilines is 1. The van der Waals surface area contributed by atoms with Crippen molar-refractivity contribution in [1.82, 2.24) is 4.90 Å². The molecule has 0 saturated carbocycles. The van der Waals surface area contributed by atoms with Crippen LogP contribution in [0, 0.1) is 0 Å². The monoisotopic (exact) mass is 342 g/mol. The Morgan fingerprint density at radius 3 is 2.39 bits per heavy atom. The summed E-state index contributed by atoms with van der Waals surface area (Å²) in [5.74, 6) is 1.14. The van der Waals surface area contributed by atoms with Gasteiger partial charge in [-0.3, -0.25) is 0 Å². The second-order valence-corrected chi connectivity index (χ2v) is 7.84. The van der Waals surface area contributed by atoms with E-state index in [4.69, 9.17) is 9.47 Å². The summed E-state index contributed by atoms with van der Waals surface area (Å²) < 4.78 is 33.5. The summed E-state index contributed by atoms with van der Waals surface area (Å²) in [6.45, 7) is 0.837. The number of nitrogens with zero attached hydrogens (tertiary/aromatic N) is 1. The Morgan fingerprint density at radius 2 is 1.87 bits per heavy atom. The fraction of sp³-hybridized carbons (Fsp3) is 0.533. The van der Waals surface area contributed by atoms with E-state index in [2.05, 4.69) is 5.32 Å². The van der Waals surface area contributed by atoms with Crippen LogP contribution < -0.4 is 14.8 Å². The van der Waals surface area contributed by atoms with Gasteiger partial charge in [-0.2, -0.15) is 0 Å². The molecule has 1 heterocycles. The van der Waals surface area contributed by atoms with Crippen LogP contribution in [0.1, 0.15) is 12.8 Å². The van der Waals surface area contributed by atoms with Gasteiger partial charge >= 0.3 is 6.03 Å². The van der Waals surface area contributed by atoms with Crippen molar-refractivity contribution in [3.05, 3.63) is 18.2 Å². The molecule has 0 aromatic heterocycles. The molecule has 7 nitrogen and oxygen atoms in total. The maximum absolute atomic E-state index is 12.3. The zero-order valence-corrected chi connectivity index (χ0v) is 14.4. The number of nitrogens with one attached hydrogen (secondary N) is 1. The number of rotatable bonds is 4. The number of carbonyl (C=O) groups excluding carboxylic acids is 1. The highest BCUT2D eigenvalue weighted by Gasteiger charge is 2.29. The first kappa shape index (κ1) is 17.4. The molecule has 0 atom stereocenters. The third-order valence-electron chi connectivity index (χ3n) is 3.98. The van der Waals surface area contributed by atoms with E-state index in [0.29, 0.717) is 43.1 Å². The van der Waals surface area contributed by atoms with Crippen molar-refractivity contribution in [2.45, 2.75) is 18.1 Å². The Labute approximate surface area is 136 Å². The van der Waals surface area contributed by atoms with Gasteiger partial charge in [0.25, 0.3) is 0 Å². The maximum atomic E-state index is 12.3. The second-order valence-electron chi connectivity index (χ2n) is 5.51. The first-order chi connectivity index (χ1) is 10.8. The van der Waals surface area contributed by atoms with Gasteiger partial charge in [-0.25, -0.2) is 13.2 Å². The lowest BCUT2D eigenvalue weighted by Gasteiger charge is -2.31. The van der Waals surface area contributed by atoms with Gasteiger partial charge < -0.3 is 19.7 Å². The summed E-state index contributed by atoms with van der Waals surface area (Å²) >= 11 is 0. The van der Waals surface area contributed by atoms with Crippen LogP contribution >= 0.6 is 0 Å². The molecule has 0 radical (unpaired) electrons. The molecule has 0 spiro atoms. The third-order valence-corrected chi connectivity index (χ3v) is 5.67. The molecular formula is C15H22N2O5S. The highest BCUT2D eigenvalue weighted by atomic mass is 32.2. The molecule has 1 aliphatic rings. The molecule has 1 aromatic carbocycles. The number of sulfone groups is 1. The van der Waals surface area contributed by atoms with E-state index >= 15 is 0 Å². The number of piperidine rings is 1. The highest BCUT2D eigenvalue weighted by Crippen LogP contribution is 2.29. The van der Waals surface area contributed by atoms with Gasteiger partial charge in [-0.1, -0.05) is 0 Å². The van der Waals surface area contributed by atoms with Crippen molar-refractivity contribution >= 4 is 21.6 Å². The third kappa shape index (κ3) is 4.28. The summed E-state index contributed by atoms with van der Waals surface area (Å²) in [6.07, 6.45) is 2.17. The molecule has 128 valence electrons. The first-order valence-corrected chi connectivity index (χ1v) is 9.27. The van der Waals surface area contributed by atoms with Crippen LogP contribution in [-0.2, 0) is 9.84 Å². The molecule has 1 fully saturated rings. The molecule has 1 N–H and O–H groups in total. The van der Waals surface area contributed by atoms with Crippen LogP contribution in [0.25, 0.3) is 0 Å². The van der Waals surface area contributed by atoms with E-state index in [0.717, 1.165) is 0 Å². The normalized spacial score (nSPS) is 16.0. The lowest BCUT2D eigenvalue weighted by Crippen LogP contribution is -2.44. The number of hydrogen-bond donors (Lipinski definition) is 1. The Morgan fingerprint density at radius 1 is 1.22 bits per heavy atom. The Bertz CT molecular complexity index is 666. The van der Waals surface area contributed by atoms with Gasteiger partial charge in [0.15, 0.2) is 0 Å². The molecule has 0 unspecified atom stereocenters. The van der Waals surface area contributed by atoms with E-state index < -0.39 is 9.84 Å². The van der Waals surface area contributed by atoms with Crippen molar-refractivity contribution in [2.24, 2.45) is 0 Å². The number of hydrogen-bond acceptors (Lipinski definition) is 5. The summed E-state index contributed by atoms with van der Waals surface area (Å²) in [5, 5.41) is 2.43. The van der Waals surface area contributed by atoms with Crippen LogP contribution in [0.15, 0.2) is 18.2 Å². The van der Waals surface area contributed by atoms with Crippen LogP contribution in [0.5, 0.6) is 11.5 Å². The lowest BCUT2D eigenvalue weighted by molar-refractivity contribution is 0.200. The van der Waals surface area contributed by atoms with Crippen LogP contribution in [0.2, 0.25) is 0 Å². The molecular weight excluding hydrogens is 320 g/mol. The first-order valence-electron chi connectivity index (χ1n) is 7.32. The topological polar surface area (TPSA) is 84.9 Å². The number of carbonyl (C=O) groups is 1. The maximum Gasteiger partial charge on any atom is 0.321 e. The minimum atomic E-state index is -3.04. The van der Waals surface area contributed by atoms with Crippen LogP contribution in [-0.4, -0.2) is 58.2 Å². The molecule has 0 bridgehead atoms. The number of benzene rings is 1. The molecule has 8 heteroatoms. The number of amides is 2. The van der Waals surface area contributed by atoms with Crippen molar-refractivity contribution in [3.63, 3.8) is 0 Å². The SMILES string of the molecule is COc1ccc(NC(=O)N2CCC(S(C)(=O)=O)CC2)c(OC)c1. The molecule has 1 aliphatic heterocycles. The number of methoxy groups -OCH3 is 2. The summed E-state index contributed by atoms with van der Waals surface area (Å²) in [5.41, 5.74) is 0.545. The number of urea groups is 1. The number of likely N-dealkylation sites (tertiary alicyclic amines) is 1. The van der Waals surface area contributed by atoms with E-state index in [-0.39, 0.29) is 11.3 Å². The number of ether oxygens (including phenoxy) is 2. The summed E-state index contributed by atoms with van der Waals surface area (Å²) in [7, 11) is 0.0259. The minimum Gasteiger partial charge on any atom is -0.497 e. The predicted molar refractivity (Wildman–Crippen MR) is 88.0 cm³/mol. The molecule has 1 aromatic rings. The van der Waals surface area contributed by atoms with Crippen molar-refractivity contribution in [1.29, 1.82) is 0 Å². The van der Waals surface area contributed by atoms with E-state index in [1.54, 1.807) is 30.2 Å². The zero-order chi connectivity index (χ0) is 17.0. The molecule has 2 amide bonds. The lowest BCUT2D eigenvalue weighted by atomic mass is 10.1. The molecule has 1 saturated heterocycles. The van der Waals surface area contributed by atoms with Gasteiger partial charge in [0.1, 0.15) is 21.3 Å². The Kier molecular flexibility index (Phi) is 5.35. The largest absolute Gasteiger partial charge is 0.497 e. The minimum absolute atomic E-state index is 0.264. The van der Waals surface area contributed by atoms with Gasteiger partial charge in [0.05, 0.1) is 25.2 Å². The fourth-order valence-corrected chi connectivity index (χ4v) is 3.65. The van der Waals surface area contributed by atoms with Crippen molar-refractivity contribution in [3.8, 4) is 11.5 Å². The van der Waals surface area contributed by atoms with Gasteiger partial charge in [-0.15, -0.1) is 0 Å². The van der Waals surface area contributed by atoms with Gasteiger partial charge in [0, 0.05) is 25.4 Å². The van der Waals surface area contributed by atoms with Gasteiger partial charge in [-0.05, 0) is 25.0 Å². The molecule has 0 aliphatic carbocycles. The Balaban J connectivity index is 2.01.